The van der Waals surface area contributed by atoms with Crippen LogP contribution in [0.2, 0.25) is 0 Å². The maximum absolute atomic E-state index is 12.9. The van der Waals surface area contributed by atoms with Crippen LogP contribution in [-0.4, -0.2) is 0 Å². The lowest BCUT2D eigenvalue weighted by atomic mass is 9.84. The highest BCUT2D eigenvalue weighted by molar-refractivity contribution is 5.55. The Balaban J connectivity index is 0.000000368. The molecule has 2 aromatic rings. The van der Waals surface area contributed by atoms with Crippen molar-refractivity contribution in [3.63, 3.8) is 0 Å². The van der Waals surface area contributed by atoms with E-state index in [4.69, 9.17) is 23.2 Å². The van der Waals surface area contributed by atoms with E-state index in [9.17, 15) is 4.39 Å². The highest BCUT2D eigenvalue weighted by atomic mass is 35.7. The van der Waals surface area contributed by atoms with Gasteiger partial charge >= 0.3 is 0 Å². The monoisotopic (exact) mass is 359 g/mol. The fraction of sp³-hybridized carbons (Fsp3) is 0.438. The third-order valence-corrected chi connectivity index (χ3v) is 4.15. The van der Waals surface area contributed by atoms with Crippen molar-refractivity contribution in [2.45, 2.75) is 44.6 Å². The van der Waals surface area contributed by atoms with Crippen LogP contribution in [0.3, 0.4) is 0 Å². The summed E-state index contributed by atoms with van der Waals surface area (Å²) < 4.78 is 54.8. The van der Waals surface area contributed by atoms with Crippen LogP contribution in [0, 0.1) is 16.1 Å². The van der Waals surface area contributed by atoms with Gasteiger partial charge in [-0.2, -0.15) is 0 Å². The Morgan fingerprint density at radius 3 is 2.08 bits per heavy atom. The van der Waals surface area contributed by atoms with Crippen molar-refractivity contribution in [2.75, 3.05) is 0 Å². The first-order valence-electron chi connectivity index (χ1n) is 7.58. The summed E-state index contributed by atoms with van der Waals surface area (Å²) in [6.07, 6.45) is 8.17. The van der Waals surface area contributed by atoms with Gasteiger partial charge in [0.15, 0.2) is 0 Å². The van der Waals surface area contributed by atoms with Gasteiger partial charge in [0.05, 0.1) is 6.07 Å². The molecule has 1 aromatic heterocycles. The van der Waals surface area contributed by atoms with Gasteiger partial charge < -0.3 is 0 Å². The summed E-state index contributed by atoms with van der Waals surface area (Å²) in [5, 5.41) is 0. The lowest BCUT2D eigenvalue weighted by Gasteiger charge is -2.24. The van der Waals surface area contributed by atoms with Crippen LogP contribution in [-0.2, 0) is 5.54 Å². The van der Waals surface area contributed by atoms with E-state index in [1.165, 1.54) is 31.4 Å². The zero-order valence-electron chi connectivity index (χ0n) is 13.2. The van der Waals surface area contributed by atoms with Gasteiger partial charge in [-0.15, -0.1) is 10.2 Å². The van der Waals surface area contributed by atoms with Crippen LogP contribution in [0.5, 0.6) is 0 Å². The van der Waals surface area contributed by atoms with E-state index in [2.05, 4.69) is 6.92 Å². The van der Waals surface area contributed by atoms with Crippen LogP contribution >= 0.6 is 0 Å². The van der Waals surface area contributed by atoms with Crippen molar-refractivity contribution in [1.29, 1.82) is 0 Å². The molecule has 24 heavy (non-hydrogen) atoms. The topological polar surface area (TPSA) is 109 Å². The smallest absolute Gasteiger partial charge is 0.221 e. The maximum Gasteiger partial charge on any atom is 0.221 e. The fourth-order valence-corrected chi connectivity index (χ4v) is 2.89. The highest BCUT2D eigenvalue weighted by Crippen LogP contribution is 2.30. The first-order chi connectivity index (χ1) is 11.2. The first kappa shape index (κ1) is 18.8. The van der Waals surface area contributed by atoms with Gasteiger partial charge in [0.1, 0.15) is 5.82 Å². The molecule has 0 radical (unpaired) electrons. The molecule has 1 aliphatic carbocycles. The summed E-state index contributed by atoms with van der Waals surface area (Å²) in [5.41, 5.74) is 1.01. The van der Waals surface area contributed by atoms with E-state index < -0.39 is 10.2 Å². The van der Waals surface area contributed by atoms with Crippen LogP contribution < -0.4 is 23.4 Å². The number of rotatable bonds is 2. The molecule has 0 spiro atoms. The molecule has 0 saturated heterocycles. The Morgan fingerprint density at radius 1 is 1.00 bits per heavy atom. The number of aromatic nitrogens is 1. The summed E-state index contributed by atoms with van der Waals surface area (Å²) in [5.74, 6) is 0.578. The molecule has 8 heteroatoms. The Morgan fingerprint density at radius 2 is 1.54 bits per heavy atom. The van der Waals surface area contributed by atoms with Crippen molar-refractivity contribution in [3.8, 4) is 11.3 Å². The second-order valence-electron chi connectivity index (χ2n) is 6.04. The molecule has 0 N–H and O–H groups in total. The number of hydrogen-bond donors (Lipinski definition) is 0. The third kappa shape index (κ3) is 5.54. The molecule has 0 aliphatic heterocycles. The Bertz CT molecular complexity index is 641. The molecular formula is C16H19ClFNO5. The highest BCUT2D eigenvalue weighted by Gasteiger charge is 2.39. The average Bonchev–Trinajstić information content (AvgIpc) is 2.98. The molecule has 6 nitrogen and oxygen atoms in total. The molecule has 0 amide bonds. The fourth-order valence-electron chi connectivity index (χ4n) is 2.89. The van der Waals surface area contributed by atoms with Crippen molar-refractivity contribution >= 4 is 0 Å². The van der Waals surface area contributed by atoms with Gasteiger partial charge in [0.25, 0.3) is 0 Å². The first-order valence-corrected chi connectivity index (χ1v) is 8.81. The van der Waals surface area contributed by atoms with E-state index in [1.807, 2.05) is 17.0 Å². The molecule has 1 fully saturated rings. The molecule has 0 unspecified atom stereocenters. The molecular weight excluding hydrogens is 341 g/mol. The molecule has 132 valence electrons. The largest absolute Gasteiger partial charge is 0.236 e. The summed E-state index contributed by atoms with van der Waals surface area (Å²) in [6.45, 7) is 2.25. The van der Waals surface area contributed by atoms with Gasteiger partial charge in [0.2, 0.25) is 17.5 Å². The van der Waals surface area contributed by atoms with Crippen molar-refractivity contribution in [2.24, 2.45) is 0 Å². The lowest BCUT2D eigenvalue weighted by molar-refractivity contribution is -2.00. The predicted molar refractivity (Wildman–Crippen MR) is 71.0 cm³/mol. The molecule has 3 rings (SSSR count). The molecule has 1 aliphatic rings. The molecule has 1 heterocycles. The lowest BCUT2D eigenvalue weighted by Crippen LogP contribution is -2.68. The maximum atomic E-state index is 12.9. The SMILES string of the molecule is CC1([n+]2ccc(-c3ccc(F)cc3)o2)CCCCC1.[O-][Cl+3]([O-])([O-])[O-]. The van der Waals surface area contributed by atoms with E-state index in [0.717, 1.165) is 24.2 Å². The molecule has 0 atom stereocenters. The summed E-state index contributed by atoms with van der Waals surface area (Å²) >= 11 is 0. The number of halogens is 2. The van der Waals surface area contributed by atoms with Crippen LogP contribution in [0.25, 0.3) is 11.3 Å². The Hall–Kier alpha value is -1.51. The predicted octanol–water partition coefficient (Wildman–Crippen LogP) is -0.703. The zero-order chi connectivity index (χ0) is 17.8. The van der Waals surface area contributed by atoms with Gasteiger partial charge in [-0.1, -0.05) is 6.42 Å². The normalized spacial score (nSPS) is 17.1. The summed E-state index contributed by atoms with van der Waals surface area (Å²) in [7, 11) is -4.94. The summed E-state index contributed by atoms with van der Waals surface area (Å²) in [4.78, 5) is 0. The van der Waals surface area contributed by atoms with Crippen molar-refractivity contribution in [3.05, 3.63) is 42.3 Å². The molecule has 1 aromatic carbocycles. The number of nitrogens with zero attached hydrogens (tertiary/aromatic N) is 1. The standard InChI is InChI=1S/C16H19FNO.ClHO4/c1-16(10-3-2-4-11-16)18-12-9-15(19-18)13-5-7-14(17)8-6-13;2-1(3,4)5/h5-9,12H,2-4,10-11H2,1H3;(H,2,3,4,5)/q+1;/p-1. The summed E-state index contributed by atoms with van der Waals surface area (Å²) in [6, 6.07) is 8.39. The number of benzene rings is 1. The van der Waals surface area contributed by atoms with E-state index in [1.54, 1.807) is 12.1 Å². The van der Waals surface area contributed by atoms with E-state index >= 15 is 0 Å². The minimum atomic E-state index is -4.94. The zero-order valence-corrected chi connectivity index (χ0v) is 14.0. The van der Waals surface area contributed by atoms with Crippen molar-refractivity contribution in [1.82, 2.24) is 0 Å². The van der Waals surface area contributed by atoms with Crippen LogP contribution in [0.15, 0.2) is 41.1 Å². The second-order valence-corrected chi connectivity index (χ2v) is 6.80. The molecule has 0 bridgehead atoms. The van der Waals surface area contributed by atoms with E-state index in [-0.39, 0.29) is 11.4 Å². The van der Waals surface area contributed by atoms with Gasteiger partial charge in [-0.3, -0.25) is 0 Å². The van der Waals surface area contributed by atoms with Gasteiger partial charge in [0, 0.05) is 25.3 Å². The molecule has 1 saturated carbocycles. The van der Waals surface area contributed by atoms with Crippen LogP contribution in [0.1, 0.15) is 39.0 Å². The quantitative estimate of drug-likeness (QED) is 0.658. The Labute approximate surface area is 141 Å². The van der Waals surface area contributed by atoms with Gasteiger partial charge in [-0.25, -0.2) is 27.5 Å². The minimum Gasteiger partial charge on any atom is -0.236 e. The average molecular weight is 360 g/mol. The van der Waals surface area contributed by atoms with Gasteiger partial charge in [-0.05, 0) is 41.8 Å². The third-order valence-electron chi connectivity index (χ3n) is 4.15. The van der Waals surface area contributed by atoms with Crippen LogP contribution in [0.4, 0.5) is 4.39 Å². The number of hydrogen-bond acceptors (Lipinski definition) is 5. The second kappa shape index (κ2) is 7.58. The van der Waals surface area contributed by atoms with Crippen molar-refractivity contribution < 1.29 is 42.5 Å². The minimum absolute atomic E-state index is 0.0938. The Kier molecular flexibility index (Phi) is 5.95. The van der Waals surface area contributed by atoms with E-state index in [0.29, 0.717) is 0 Å².